The molecule has 1 aromatic heterocycles. The second kappa shape index (κ2) is 5.96. The molecule has 2 rings (SSSR count). The van der Waals surface area contributed by atoms with E-state index in [1.165, 1.54) is 29.2 Å². The number of pyridine rings is 1. The minimum absolute atomic E-state index is 0.0298. The minimum Gasteiger partial charge on any atom is -0.309 e. The number of anilines is 1. The monoisotopic (exact) mass is 296 g/mol. The van der Waals surface area contributed by atoms with E-state index in [0.29, 0.717) is 12.2 Å². The lowest BCUT2D eigenvalue weighted by atomic mass is 10.2. The highest BCUT2D eigenvalue weighted by atomic mass is 35.5. The first-order chi connectivity index (χ1) is 9.52. The Morgan fingerprint density at radius 3 is 2.50 bits per heavy atom. The fourth-order valence-electron chi connectivity index (χ4n) is 1.78. The van der Waals surface area contributed by atoms with E-state index < -0.39 is 17.5 Å². The van der Waals surface area contributed by atoms with Crippen molar-refractivity contribution >= 4 is 23.2 Å². The Bertz CT molecular complexity index is 632. The van der Waals surface area contributed by atoms with Crippen LogP contribution in [0.15, 0.2) is 36.5 Å². The second-order valence-corrected chi connectivity index (χ2v) is 4.38. The molecule has 0 N–H and O–H groups in total. The molecule has 0 saturated heterocycles. The molecule has 0 bridgehead atoms. The van der Waals surface area contributed by atoms with E-state index in [1.54, 1.807) is 6.92 Å². The maximum Gasteiger partial charge on any atom is 0.261 e. The number of benzene rings is 1. The zero-order chi connectivity index (χ0) is 14.7. The molecule has 6 heteroatoms. The molecule has 0 atom stereocenters. The van der Waals surface area contributed by atoms with Crippen molar-refractivity contribution in [2.45, 2.75) is 6.92 Å². The molecule has 1 heterocycles. The molecule has 0 spiro atoms. The van der Waals surface area contributed by atoms with Crippen molar-refractivity contribution in [2.24, 2.45) is 0 Å². The Labute approximate surface area is 119 Å². The topological polar surface area (TPSA) is 33.2 Å². The molecule has 0 aliphatic rings. The summed E-state index contributed by atoms with van der Waals surface area (Å²) >= 11 is 5.82. The number of aromatic nitrogens is 1. The standard InChI is InChI=1S/C14H11ClF2N2O/c1-2-19(11-5-3-9(16)4-6-11)14(20)12-7-10(17)8-18-13(12)15/h3-8H,2H2,1H3. The van der Waals surface area contributed by atoms with Crippen molar-refractivity contribution in [3.63, 3.8) is 0 Å². The Kier molecular flexibility index (Phi) is 4.29. The van der Waals surface area contributed by atoms with E-state index in [-0.39, 0.29) is 10.7 Å². The van der Waals surface area contributed by atoms with E-state index in [9.17, 15) is 13.6 Å². The molecule has 0 aliphatic heterocycles. The number of carbonyl (C=O) groups is 1. The van der Waals surface area contributed by atoms with Gasteiger partial charge in [0.15, 0.2) is 0 Å². The number of rotatable bonds is 3. The van der Waals surface area contributed by atoms with Gasteiger partial charge in [0, 0.05) is 12.2 Å². The van der Waals surface area contributed by atoms with Gasteiger partial charge in [-0.15, -0.1) is 0 Å². The highest BCUT2D eigenvalue weighted by Crippen LogP contribution is 2.21. The van der Waals surface area contributed by atoms with E-state index >= 15 is 0 Å². The summed E-state index contributed by atoms with van der Waals surface area (Å²) < 4.78 is 26.1. The fraction of sp³-hybridized carbons (Fsp3) is 0.143. The summed E-state index contributed by atoms with van der Waals surface area (Å²) in [5, 5.41) is -0.0723. The highest BCUT2D eigenvalue weighted by Gasteiger charge is 2.20. The molecule has 2 aromatic rings. The van der Waals surface area contributed by atoms with Crippen molar-refractivity contribution in [1.29, 1.82) is 0 Å². The summed E-state index contributed by atoms with van der Waals surface area (Å²) in [4.78, 5) is 17.3. The van der Waals surface area contributed by atoms with Crippen LogP contribution in [0.1, 0.15) is 17.3 Å². The van der Waals surface area contributed by atoms with Crippen molar-refractivity contribution < 1.29 is 13.6 Å². The quantitative estimate of drug-likeness (QED) is 0.810. The van der Waals surface area contributed by atoms with Crippen LogP contribution in [0.5, 0.6) is 0 Å². The van der Waals surface area contributed by atoms with Crippen LogP contribution in [-0.4, -0.2) is 17.4 Å². The molecule has 0 radical (unpaired) electrons. The van der Waals surface area contributed by atoms with Crippen LogP contribution in [0.2, 0.25) is 5.15 Å². The molecule has 104 valence electrons. The molecular formula is C14H11ClF2N2O. The first-order valence-electron chi connectivity index (χ1n) is 5.91. The maximum atomic E-state index is 13.2. The van der Waals surface area contributed by atoms with Gasteiger partial charge in [0.05, 0.1) is 11.8 Å². The highest BCUT2D eigenvalue weighted by molar-refractivity contribution is 6.33. The Morgan fingerprint density at radius 1 is 1.25 bits per heavy atom. The van der Waals surface area contributed by atoms with Gasteiger partial charge in [-0.1, -0.05) is 11.6 Å². The van der Waals surface area contributed by atoms with Crippen LogP contribution in [0.4, 0.5) is 14.5 Å². The normalized spacial score (nSPS) is 10.4. The summed E-state index contributed by atoms with van der Waals surface area (Å²) in [7, 11) is 0. The fourth-order valence-corrected chi connectivity index (χ4v) is 1.97. The lowest BCUT2D eigenvalue weighted by molar-refractivity contribution is 0.0987. The first-order valence-corrected chi connectivity index (χ1v) is 6.29. The van der Waals surface area contributed by atoms with Gasteiger partial charge in [-0.3, -0.25) is 4.79 Å². The molecule has 1 amide bonds. The summed E-state index contributed by atoms with van der Waals surface area (Å²) in [6.07, 6.45) is 0.938. The minimum atomic E-state index is -0.645. The number of hydrogen-bond acceptors (Lipinski definition) is 2. The van der Waals surface area contributed by atoms with E-state index in [2.05, 4.69) is 4.98 Å². The zero-order valence-electron chi connectivity index (χ0n) is 10.6. The first kappa shape index (κ1) is 14.4. The van der Waals surface area contributed by atoms with Gasteiger partial charge < -0.3 is 4.90 Å². The summed E-state index contributed by atoms with van der Waals surface area (Å²) in [6, 6.07) is 6.46. The maximum absolute atomic E-state index is 13.2. The second-order valence-electron chi connectivity index (χ2n) is 4.02. The molecular weight excluding hydrogens is 286 g/mol. The van der Waals surface area contributed by atoms with Gasteiger partial charge in [-0.25, -0.2) is 13.8 Å². The van der Waals surface area contributed by atoms with E-state index in [4.69, 9.17) is 11.6 Å². The van der Waals surface area contributed by atoms with Crippen LogP contribution in [0.3, 0.4) is 0 Å². The predicted octanol–water partition coefficient (Wildman–Crippen LogP) is 3.68. The van der Waals surface area contributed by atoms with Gasteiger partial charge >= 0.3 is 0 Å². The molecule has 0 unspecified atom stereocenters. The van der Waals surface area contributed by atoms with Crippen LogP contribution in [0, 0.1) is 11.6 Å². The van der Waals surface area contributed by atoms with Gasteiger partial charge in [0.25, 0.3) is 5.91 Å². The lowest BCUT2D eigenvalue weighted by Crippen LogP contribution is -2.31. The van der Waals surface area contributed by atoms with E-state index in [1.807, 2.05) is 0 Å². The van der Waals surface area contributed by atoms with Crippen molar-refractivity contribution in [1.82, 2.24) is 4.98 Å². The van der Waals surface area contributed by atoms with Gasteiger partial charge in [0.2, 0.25) is 0 Å². The summed E-state index contributed by atoms with van der Waals surface area (Å²) in [5.41, 5.74) is 0.470. The molecule has 3 nitrogen and oxygen atoms in total. The van der Waals surface area contributed by atoms with Crippen molar-refractivity contribution in [2.75, 3.05) is 11.4 Å². The number of amides is 1. The van der Waals surface area contributed by atoms with Crippen LogP contribution < -0.4 is 4.90 Å². The van der Waals surface area contributed by atoms with Crippen LogP contribution in [0.25, 0.3) is 0 Å². The summed E-state index contributed by atoms with van der Waals surface area (Å²) in [5.74, 6) is -1.54. The average Bonchev–Trinajstić information content (AvgIpc) is 2.44. The number of halogens is 3. The summed E-state index contributed by atoms with van der Waals surface area (Å²) in [6.45, 7) is 2.08. The largest absolute Gasteiger partial charge is 0.309 e. The molecule has 1 aromatic carbocycles. The third-order valence-electron chi connectivity index (χ3n) is 2.74. The molecule has 0 fully saturated rings. The van der Waals surface area contributed by atoms with Crippen LogP contribution >= 0.6 is 11.6 Å². The SMILES string of the molecule is CCN(C(=O)c1cc(F)cnc1Cl)c1ccc(F)cc1. The van der Waals surface area contributed by atoms with Crippen LogP contribution in [-0.2, 0) is 0 Å². The third kappa shape index (κ3) is 2.93. The smallest absolute Gasteiger partial charge is 0.261 e. The van der Waals surface area contributed by atoms with Gasteiger partial charge in [-0.2, -0.15) is 0 Å². The predicted molar refractivity (Wildman–Crippen MR) is 73.0 cm³/mol. The molecule has 0 aliphatic carbocycles. The van der Waals surface area contributed by atoms with Crippen molar-refractivity contribution in [3.05, 3.63) is 58.9 Å². The Hall–Kier alpha value is -2.01. The zero-order valence-corrected chi connectivity index (χ0v) is 11.4. The average molecular weight is 297 g/mol. The van der Waals surface area contributed by atoms with E-state index in [0.717, 1.165) is 12.3 Å². The van der Waals surface area contributed by atoms with Gasteiger partial charge in [-0.05, 0) is 37.3 Å². The van der Waals surface area contributed by atoms with Crippen molar-refractivity contribution in [3.8, 4) is 0 Å². The number of hydrogen-bond donors (Lipinski definition) is 0. The Balaban J connectivity index is 2.38. The number of nitrogens with zero attached hydrogens (tertiary/aromatic N) is 2. The third-order valence-corrected chi connectivity index (χ3v) is 3.04. The molecule has 20 heavy (non-hydrogen) atoms. The Morgan fingerprint density at radius 2 is 1.90 bits per heavy atom. The number of carbonyl (C=O) groups excluding carboxylic acids is 1. The lowest BCUT2D eigenvalue weighted by Gasteiger charge is -2.21. The van der Waals surface area contributed by atoms with Gasteiger partial charge in [0.1, 0.15) is 16.8 Å². The molecule has 0 saturated carbocycles.